The summed E-state index contributed by atoms with van der Waals surface area (Å²) in [6, 6.07) is 17.0. The van der Waals surface area contributed by atoms with E-state index in [-0.39, 0.29) is 17.3 Å². The summed E-state index contributed by atoms with van der Waals surface area (Å²) < 4.78 is 28.2. The van der Waals surface area contributed by atoms with Crippen molar-refractivity contribution in [3.63, 3.8) is 0 Å². The van der Waals surface area contributed by atoms with E-state index < -0.39 is 10.0 Å². The van der Waals surface area contributed by atoms with Crippen LogP contribution in [0.1, 0.15) is 15.2 Å². The van der Waals surface area contributed by atoms with E-state index in [4.69, 9.17) is 0 Å². The third-order valence-electron chi connectivity index (χ3n) is 3.53. The summed E-state index contributed by atoms with van der Waals surface area (Å²) in [5, 5.41) is 4.69. The van der Waals surface area contributed by atoms with Crippen LogP contribution >= 0.6 is 33.9 Å². The summed E-state index contributed by atoms with van der Waals surface area (Å²) in [5.41, 5.74) is 1.08. The molecule has 5 nitrogen and oxygen atoms in total. The molecule has 0 aliphatic rings. The number of sulfonamides is 1. The second kappa shape index (κ2) is 8.30. The predicted octanol–water partition coefficient (Wildman–Crippen LogP) is 4.08. The van der Waals surface area contributed by atoms with Crippen molar-refractivity contribution in [2.24, 2.45) is 0 Å². The van der Waals surface area contributed by atoms with Crippen LogP contribution in [-0.2, 0) is 16.6 Å². The summed E-state index contributed by atoms with van der Waals surface area (Å²) in [7, 11) is -3.62. The Hall–Kier alpha value is -1.75. The third kappa shape index (κ3) is 4.91. The van der Waals surface area contributed by atoms with Crippen LogP contribution in [0.25, 0.3) is 0 Å². The molecule has 0 atom stereocenters. The number of nitrogens with one attached hydrogen (secondary N) is 2. The number of halogens is 1. The highest BCUT2D eigenvalue weighted by molar-refractivity contribution is 14.1. The Morgan fingerprint density at radius 2 is 1.81 bits per heavy atom. The maximum absolute atomic E-state index is 12.3. The van der Waals surface area contributed by atoms with Gasteiger partial charge in [0.2, 0.25) is 10.0 Å². The average Bonchev–Trinajstić information content (AvgIpc) is 3.14. The lowest BCUT2D eigenvalue weighted by Gasteiger charge is -2.08. The fraction of sp³-hybridized carbons (Fsp3) is 0.0556. The van der Waals surface area contributed by atoms with Crippen molar-refractivity contribution in [3.05, 3.63) is 80.1 Å². The standard InChI is InChI=1S/C18H15IN2O3S2/c19-14-3-1-4-15(11-14)21-18(22)13-6-8-17(9-7-13)26(23,24)20-12-16-5-2-10-25-16/h1-11,20H,12H2,(H,21,22). The zero-order chi connectivity index (χ0) is 18.6. The van der Waals surface area contributed by atoms with Gasteiger partial charge in [-0.3, -0.25) is 4.79 Å². The number of amides is 1. The first-order chi connectivity index (χ1) is 12.4. The Kier molecular flexibility index (Phi) is 6.07. The van der Waals surface area contributed by atoms with E-state index in [2.05, 4.69) is 32.6 Å². The van der Waals surface area contributed by atoms with Gasteiger partial charge in [-0.05, 0) is 76.5 Å². The molecule has 0 radical (unpaired) electrons. The Morgan fingerprint density at radius 3 is 2.46 bits per heavy atom. The molecule has 26 heavy (non-hydrogen) atoms. The van der Waals surface area contributed by atoms with E-state index in [0.29, 0.717) is 11.3 Å². The van der Waals surface area contributed by atoms with Crippen LogP contribution in [0.4, 0.5) is 5.69 Å². The predicted molar refractivity (Wildman–Crippen MR) is 112 cm³/mol. The summed E-state index contributed by atoms with van der Waals surface area (Å²) in [6.45, 7) is 0.245. The zero-order valence-electron chi connectivity index (χ0n) is 13.5. The number of carbonyl (C=O) groups excluding carboxylic acids is 1. The molecule has 134 valence electrons. The lowest BCUT2D eigenvalue weighted by atomic mass is 10.2. The lowest BCUT2D eigenvalue weighted by Crippen LogP contribution is -2.23. The molecule has 1 amide bonds. The van der Waals surface area contributed by atoms with Crippen LogP contribution in [-0.4, -0.2) is 14.3 Å². The van der Waals surface area contributed by atoms with Gasteiger partial charge in [-0.15, -0.1) is 11.3 Å². The zero-order valence-corrected chi connectivity index (χ0v) is 17.3. The van der Waals surface area contributed by atoms with E-state index in [9.17, 15) is 13.2 Å². The monoisotopic (exact) mass is 498 g/mol. The molecule has 0 unspecified atom stereocenters. The second-order valence-corrected chi connectivity index (χ2v) is 9.44. The van der Waals surface area contributed by atoms with Crippen LogP contribution in [0.15, 0.2) is 70.9 Å². The van der Waals surface area contributed by atoms with Gasteiger partial charge in [-0.1, -0.05) is 12.1 Å². The molecule has 3 rings (SSSR count). The van der Waals surface area contributed by atoms with Gasteiger partial charge in [0.1, 0.15) is 0 Å². The molecule has 0 saturated heterocycles. The van der Waals surface area contributed by atoms with Crippen molar-refractivity contribution in [2.75, 3.05) is 5.32 Å². The topological polar surface area (TPSA) is 75.3 Å². The summed E-state index contributed by atoms with van der Waals surface area (Å²) in [4.78, 5) is 13.3. The molecule has 1 heterocycles. The van der Waals surface area contributed by atoms with Gasteiger partial charge in [0.15, 0.2) is 0 Å². The van der Waals surface area contributed by atoms with Crippen molar-refractivity contribution < 1.29 is 13.2 Å². The quantitative estimate of drug-likeness (QED) is 0.503. The van der Waals surface area contributed by atoms with E-state index in [0.717, 1.165) is 8.45 Å². The minimum atomic E-state index is -3.62. The molecule has 2 aromatic carbocycles. The molecule has 8 heteroatoms. The third-order valence-corrected chi connectivity index (χ3v) is 6.49. The molecular weight excluding hydrogens is 483 g/mol. The van der Waals surface area contributed by atoms with Crippen molar-refractivity contribution in [1.82, 2.24) is 4.72 Å². The van der Waals surface area contributed by atoms with Crippen molar-refractivity contribution in [3.8, 4) is 0 Å². The Balaban J connectivity index is 1.68. The minimum absolute atomic E-state index is 0.125. The normalized spacial score (nSPS) is 11.3. The summed E-state index contributed by atoms with van der Waals surface area (Å²) >= 11 is 3.65. The fourth-order valence-corrected chi connectivity index (χ4v) is 4.50. The first kappa shape index (κ1) is 19.0. The molecule has 0 fully saturated rings. The molecule has 0 aliphatic heterocycles. The lowest BCUT2D eigenvalue weighted by molar-refractivity contribution is 0.102. The van der Waals surface area contributed by atoms with E-state index >= 15 is 0 Å². The Labute approximate surface area is 169 Å². The van der Waals surface area contributed by atoms with Crippen LogP contribution in [0, 0.1) is 3.57 Å². The van der Waals surface area contributed by atoms with Gasteiger partial charge in [-0.25, -0.2) is 13.1 Å². The van der Waals surface area contributed by atoms with Crippen LogP contribution < -0.4 is 10.0 Å². The number of anilines is 1. The first-order valence-corrected chi connectivity index (χ1v) is 11.1. The van der Waals surface area contributed by atoms with E-state index in [1.165, 1.54) is 35.6 Å². The molecule has 2 N–H and O–H groups in total. The Morgan fingerprint density at radius 1 is 1.04 bits per heavy atom. The molecular formula is C18H15IN2O3S2. The van der Waals surface area contributed by atoms with Gasteiger partial charge in [0.05, 0.1) is 4.90 Å². The maximum atomic E-state index is 12.3. The van der Waals surface area contributed by atoms with Gasteiger partial charge in [-0.2, -0.15) is 0 Å². The maximum Gasteiger partial charge on any atom is 0.255 e. The van der Waals surface area contributed by atoms with Crippen molar-refractivity contribution in [1.29, 1.82) is 0 Å². The molecule has 1 aromatic heterocycles. The molecule has 3 aromatic rings. The van der Waals surface area contributed by atoms with Crippen LogP contribution in [0.3, 0.4) is 0 Å². The van der Waals surface area contributed by atoms with Crippen molar-refractivity contribution >= 4 is 55.5 Å². The summed E-state index contributed by atoms with van der Waals surface area (Å²) in [6.07, 6.45) is 0. The largest absolute Gasteiger partial charge is 0.322 e. The summed E-state index contributed by atoms with van der Waals surface area (Å²) in [5.74, 6) is -0.289. The molecule has 0 spiro atoms. The first-order valence-electron chi connectivity index (χ1n) is 7.63. The number of hydrogen-bond acceptors (Lipinski definition) is 4. The number of thiophene rings is 1. The van der Waals surface area contributed by atoms with E-state index in [1.807, 2.05) is 35.7 Å². The average molecular weight is 498 g/mol. The smallest absolute Gasteiger partial charge is 0.255 e. The van der Waals surface area contributed by atoms with Crippen LogP contribution in [0.2, 0.25) is 0 Å². The molecule has 0 aliphatic carbocycles. The highest BCUT2D eigenvalue weighted by atomic mass is 127. The van der Waals surface area contributed by atoms with Gasteiger partial charge < -0.3 is 5.32 Å². The highest BCUT2D eigenvalue weighted by Gasteiger charge is 2.15. The second-order valence-electron chi connectivity index (χ2n) is 5.39. The van der Waals surface area contributed by atoms with E-state index in [1.54, 1.807) is 6.07 Å². The highest BCUT2D eigenvalue weighted by Crippen LogP contribution is 2.16. The molecule has 0 saturated carbocycles. The number of carbonyl (C=O) groups is 1. The number of rotatable bonds is 6. The van der Waals surface area contributed by atoms with Gasteiger partial charge in [0, 0.05) is 26.2 Å². The number of hydrogen-bond donors (Lipinski definition) is 2. The van der Waals surface area contributed by atoms with Crippen molar-refractivity contribution in [2.45, 2.75) is 11.4 Å². The van der Waals surface area contributed by atoms with Gasteiger partial charge in [0.25, 0.3) is 5.91 Å². The van der Waals surface area contributed by atoms with Gasteiger partial charge >= 0.3 is 0 Å². The SMILES string of the molecule is O=C(Nc1cccc(I)c1)c1ccc(S(=O)(=O)NCc2cccs2)cc1. The minimum Gasteiger partial charge on any atom is -0.322 e. The Bertz CT molecular complexity index is 1000. The van der Waals surface area contributed by atoms with Crippen LogP contribution in [0.5, 0.6) is 0 Å². The fourth-order valence-electron chi connectivity index (χ4n) is 2.22. The number of benzene rings is 2. The molecule has 0 bridgehead atoms.